The van der Waals surface area contributed by atoms with Crippen LogP contribution in [0.15, 0.2) is 0 Å². The van der Waals surface area contributed by atoms with Gasteiger partial charge in [-0.05, 0) is 19.3 Å². The van der Waals surface area contributed by atoms with Crippen LogP contribution in [0.25, 0.3) is 0 Å². The van der Waals surface area contributed by atoms with Crippen LogP contribution in [-0.4, -0.2) is 37.9 Å². The summed E-state index contributed by atoms with van der Waals surface area (Å²) in [6.45, 7) is 2.58. The van der Waals surface area contributed by atoms with Gasteiger partial charge in [0.15, 0.2) is 0 Å². The second kappa shape index (κ2) is 7.07. The summed E-state index contributed by atoms with van der Waals surface area (Å²) in [5.41, 5.74) is 0. The van der Waals surface area contributed by atoms with E-state index in [9.17, 15) is 9.59 Å². The van der Waals surface area contributed by atoms with Gasteiger partial charge in [-0.3, -0.25) is 9.59 Å². The predicted molar refractivity (Wildman–Crippen MR) is 72.0 cm³/mol. The minimum absolute atomic E-state index is 0.132. The Morgan fingerprint density at radius 3 is 2.30 bits per heavy atom. The molecule has 1 aliphatic heterocycles. The average Bonchev–Trinajstić information content (AvgIpc) is 3.23. The predicted octanol–water partition coefficient (Wildman–Crippen LogP) is 2.08. The van der Waals surface area contributed by atoms with Gasteiger partial charge in [-0.1, -0.05) is 26.2 Å². The molecule has 0 spiro atoms. The van der Waals surface area contributed by atoms with Gasteiger partial charge >= 0.3 is 11.9 Å². The first-order valence-corrected chi connectivity index (χ1v) is 7.57. The van der Waals surface area contributed by atoms with E-state index in [4.69, 9.17) is 14.2 Å². The van der Waals surface area contributed by atoms with Crippen molar-refractivity contribution in [3.05, 3.63) is 0 Å². The van der Waals surface area contributed by atoms with Crippen LogP contribution in [0.1, 0.15) is 45.4 Å². The molecule has 20 heavy (non-hydrogen) atoms. The summed E-state index contributed by atoms with van der Waals surface area (Å²) in [6.07, 6.45) is 5.69. The van der Waals surface area contributed by atoms with Crippen LogP contribution in [0.3, 0.4) is 0 Å². The lowest BCUT2D eigenvalue weighted by Crippen LogP contribution is -2.37. The topological polar surface area (TPSA) is 65.1 Å². The van der Waals surface area contributed by atoms with Gasteiger partial charge in [-0.2, -0.15) is 0 Å². The first-order chi connectivity index (χ1) is 9.67. The van der Waals surface area contributed by atoms with Crippen molar-refractivity contribution in [2.75, 3.05) is 13.7 Å². The van der Waals surface area contributed by atoms with Crippen LogP contribution < -0.4 is 0 Å². The van der Waals surface area contributed by atoms with E-state index in [-0.39, 0.29) is 24.1 Å². The van der Waals surface area contributed by atoms with Gasteiger partial charge in [0.25, 0.3) is 0 Å². The van der Waals surface area contributed by atoms with Crippen molar-refractivity contribution in [2.24, 2.45) is 11.8 Å². The maximum absolute atomic E-state index is 12.1. The van der Waals surface area contributed by atoms with E-state index in [0.717, 1.165) is 25.7 Å². The Morgan fingerprint density at radius 2 is 1.70 bits per heavy atom. The molecule has 1 saturated carbocycles. The highest BCUT2D eigenvalue weighted by Gasteiger charge is 2.53. The lowest BCUT2D eigenvalue weighted by molar-refractivity contribution is -0.160. The summed E-state index contributed by atoms with van der Waals surface area (Å²) < 4.78 is 15.5. The quantitative estimate of drug-likeness (QED) is 0.407. The molecule has 0 radical (unpaired) electrons. The zero-order valence-electron chi connectivity index (χ0n) is 12.3. The summed E-state index contributed by atoms with van der Waals surface area (Å²) in [5, 5.41) is 0. The lowest BCUT2D eigenvalue weighted by Gasteiger charge is -2.25. The van der Waals surface area contributed by atoms with E-state index in [0.29, 0.717) is 19.4 Å². The Labute approximate surface area is 120 Å². The van der Waals surface area contributed by atoms with Gasteiger partial charge in [-0.15, -0.1) is 0 Å². The normalized spacial score (nSPS) is 31.3. The summed E-state index contributed by atoms with van der Waals surface area (Å²) in [7, 11) is 1.36. The van der Waals surface area contributed by atoms with E-state index in [1.165, 1.54) is 7.11 Å². The Bertz CT molecular complexity index is 354. The zero-order valence-corrected chi connectivity index (χ0v) is 12.3. The van der Waals surface area contributed by atoms with Crippen molar-refractivity contribution in [2.45, 2.75) is 57.7 Å². The number of ether oxygens (including phenoxy) is 3. The van der Waals surface area contributed by atoms with Crippen molar-refractivity contribution >= 4 is 11.9 Å². The van der Waals surface area contributed by atoms with Crippen LogP contribution in [0, 0.1) is 11.8 Å². The molecule has 0 aromatic rings. The van der Waals surface area contributed by atoms with Crippen molar-refractivity contribution in [3.63, 3.8) is 0 Å². The number of carbonyl (C=O) groups excluding carboxylic acids is 2. The average molecular weight is 284 g/mol. The molecular formula is C15H24O5. The minimum atomic E-state index is -0.410. The van der Waals surface area contributed by atoms with E-state index in [2.05, 4.69) is 6.92 Å². The maximum atomic E-state index is 12.1. The molecule has 2 rings (SSSR count). The van der Waals surface area contributed by atoms with Gasteiger partial charge in [0.2, 0.25) is 0 Å². The molecule has 5 nitrogen and oxygen atoms in total. The monoisotopic (exact) mass is 284 g/mol. The van der Waals surface area contributed by atoms with Crippen molar-refractivity contribution in [1.82, 2.24) is 0 Å². The molecule has 1 saturated heterocycles. The minimum Gasteiger partial charge on any atom is -0.469 e. The van der Waals surface area contributed by atoms with Crippen LogP contribution in [0.5, 0.6) is 0 Å². The number of esters is 2. The number of carbonyl (C=O) groups is 2. The fourth-order valence-corrected chi connectivity index (χ4v) is 2.90. The second-order valence-corrected chi connectivity index (χ2v) is 5.65. The van der Waals surface area contributed by atoms with Crippen molar-refractivity contribution in [3.8, 4) is 0 Å². The highest BCUT2D eigenvalue weighted by atomic mass is 16.6. The smallest absolute Gasteiger partial charge is 0.309 e. The molecule has 0 bridgehead atoms. The first kappa shape index (κ1) is 15.3. The number of hydrogen-bond acceptors (Lipinski definition) is 5. The van der Waals surface area contributed by atoms with Crippen LogP contribution in [0.2, 0.25) is 0 Å². The highest BCUT2D eigenvalue weighted by molar-refractivity contribution is 5.82. The fraction of sp³-hybridized carbons (Fsp3) is 0.867. The zero-order chi connectivity index (χ0) is 14.5. The van der Waals surface area contributed by atoms with Gasteiger partial charge in [-0.25, -0.2) is 0 Å². The van der Waals surface area contributed by atoms with Gasteiger partial charge in [0, 0.05) is 0 Å². The lowest BCUT2D eigenvalue weighted by atomic mass is 9.79. The molecule has 114 valence electrons. The number of fused-ring (bicyclic) bond motifs is 1. The van der Waals surface area contributed by atoms with E-state index in [1.807, 2.05) is 0 Å². The summed E-state index contributed by atoms with van der Waals surface area (Å²) >= 11 is 0. The summed E-state index contributed by atoms with van der Waals surface area (Å²) in [6, 6.07) is 0. The second-order valence-electron chi connectivity index (χ2n) is 5.65. The number of rotatable bonds is 7. The Balaban J connectivity index is 1.81. The summed E-state index contributed by atoms with van der Waals surface area (Å²) in [4.78, 5) is 23.9. The molecular weight excluding hydrogens is 260 g/mol. The van der Waals surface area contributed by atoms with E-state index in [1.54, 1.807) is 0 Å². The van der Waals surface area contributed by atoms with Gasteiger partial charge in [0.05, 0.1) is 37.8 Å². The molecule has 0 aromatic heterocycles. The van der Waals surface area contributed by atoms with Crippen molar-refractivity contribution in [1.29, 1.82) is 0 Å². The Kier molecular flexibility index (Phi) is 5.40. The summed E-state index contributed by atoms with van der Waals surface area (Å²) in [5.74, 6) is -1.41. The Morgan fingerprint density at radius 1 is 1.05 bits per heavy atom. The molecule has 5 heteroatoms. The van der Waals surface area contributed by atoms with Crippen LogP contribution in [-0.2, 0) is 23.8 Å². The fourth-order valence-electron chi connectivity index (χ4n) is 2.90. The third-order valence-corrected chi connectivity index (χ3v) is 4.19. The van der Waals surface area contributed by atoms with E-state index >= 15 is 0 Å². The molecule has 0 aromatic carbocycles. The largest absolute Gasteiger partial charge is 0.469 e. The highest BCUT2D eigenvalue weighted by Crippen LogP contribution is 2.43. The van der Waals surface area contributed by atoms with Gasteiger partial charge < -0.3 is 14.2 Å². The van der Waals surface area contributed by atoms with E-state index < -0.39 is 11.8 Å². The first-order valence-electron chi connectivity index (χ1n) is 7.57. The van der Waals surface area contributed by atoms with Gasteiger partial charge in [0.1, 0.15) is 0 Å². The third kappa shape index (κ3) is 3.72. The van der Waals surface area contributed by atoms with Crippen LogP contribution in [0.4, 0.5) is 0 Å². The van der Waals surface area contributed by atoms with Crippen molar-refractivity contribution < 1.29 is 23.8 Å². The molecule has 1 aliphatic carbocycles. The molecule has 4 unspecified atom stereocenters. The standard InChI is InChI=1S/C15H24O5/c1-3-4-5-6-7-19-15(17)11-9-13-12(20-13)8-10(11)14(16)18-2/h10-13H,3-9H2,1-2H3. The number of hydrogen-bond donors (Lipinski definition) is 0. The Hall–Kier alpha value is -1.10. The molecule has 0 N–H and O–H groups in total. The number of methoxy groups -OCH3 is 1. The maximum Gasteiger partial charge on any atom is 0.309 e. The van der Waals surface area contributed by atoms with Crippen LogP contribution >= 0.6 is 0 Å². The molecule has 4 atom stereocenters. The molecule has 1 heterocycles. The SMILES string of the molecule is CCCCCCOC(=O)C1CC2OC2CC1C(=O)OC. The molecule has 2 fully saturated rings. The number of unbranched alkanes of at least 4 members (excludes halogenated alkanes) is 3. The number of epoxide rings is 1. The third-order valence-electron chi connectivity index (χ3n) is 4.19. The molecule has 2 aliphatic rings. The molecule has 0 amide bonds.